The van der Waals surface area contributed by atoms with E-state index in [0.29, 0.717) is 22.9 Å². The van der Waals surface area contributed by atoms with Gasteiger partial charge in [0.1, 0.15) is 5.82 Å². The van der Waals surface area contributed by atoms with Gasteiger partial charge < -0.3 is 25.8 Å². The van der Waals surface area contributed by atoms with Crippen LogP contribution in [0.15, 0.2) is 59.8 Å². The predicted molar refractivity (Wildman–Crippen MR) is 140 cm³/mol. The third-order valence-electron chi connectivity index (χ3n) is 6.63. The molecule has 1 saturated heterocycles. The summed E-state index contributed by atoms with van der Waals surface area (Å²) in [5.41, 5.74) is 8.96. The van der Waals surface area contributed by atoms with Crippen LogP contribution in [-0.2, 0) is 6.42 Å². The van der Waals surface area contributed by atoms with Crippen LogP contribution in [0.5, 0.6) is 0 Å². The summed E-state index contributed by atoms with van der Waals surface area (Å²) in [4.78, 5) is 33.1. The molecule has 3 aromatic heterocycles. The number of aromatic amines is 1. The number of nitrogen functional groups attached to an aromatic ring is 1. The van der Waals surface area contributed by atoms with Crippen LogP contribution in [0.2, 0.25) is 0 Å². The Morgan fingerprint density at radius 1 is 1.17 bits per heavy atom. The summed E-state index contributed by atoms with van der Waals surface area (Å²) in [5, 5.41) is 4.61. The van der Waals surface area contributed by atoms with Crippen LogP contribution in [0.1, 0.15) is 12.0 Å². The maximum absolute atomic E-state index is 12.6. The number of H-pyrrole nitrogens is 1. The van der Waals surface area contributed by atoms with Gasteiger partial charge >= 0.3 is 0 Å². The molecule has 0 bridgehead atoms. The molecule has 1 fully saturated rings. The van der Waals surface area contributed by atoms with Crippen LogP contribution in [0.3, 0.4) is 0 Å². The summed E-state index contributed by atoms with van der Waals surface area (Å²) in [6.45, 7) is 3.35. The van der Waals surface area contributed by atoms with E-state index in [1.54, 1.807) is 18.6 Å². The number of likely N-dealkylation sites (N-methyl/N-ethyl adjacent to an activating group) is 1. The second-order valence-corrected chi connectivity index (χ2v) is 9.24. The number of benzene rings is 1. The summed E-state index contributed by atoms with van der Waals surface area (Å²) in [5.74, 6) is 0.683. The zero-order chi connectivity index (χ0) is 24.4. The van der Waals surface area contributed by atoms with E-state index in [0.717, 1.165) is 42.7 Å². The van der Waals surface area contributed by atoms with Crippen LogP contribution in [-0.4, -0.2) is 69.5 Å². The number of nitrogens with two attached hydrogens (primary N) is 1. The number of likely N-dealkylation sites (tertiary alicyclic amines) is 1. The van der Waals surface area contributed by atoms with Crippen molar-refractivity contribution in [3.05, 3.63) is 70.9 Å². The molecule has 1 unspecified atom stereocenters. The molecule has 5 rings (SSSR count). The average molecular weight is 471 g/mol. The van der Waals surface area contributed by atoms with E-state index in [2.05, 4.69) is 56.3 Å². The number of hydrogen-bond donors (Lipinski definition) is 3. The highest BCUT2D eigenvalue weighted by Gasteiger charge is 2.23. The molecular weight excluding hydrogens is 440 g/mol. The normalized spacial score (nSPS) is 16.3. The Morgan fingerprint density at radius 2 is 1.94 bits per heavy atom. The topological polar surface area (TPSA) is 116 Å². The molecule has 1 aliphatic rings. The molecular formula is C26H30N8O. The van der Waals surface area contributed by atoms with E-state index in [4.69, 9.17) is 10.7 Å². The summed E-state index contributed by atoms with van der Waals surface area (Å²) in [6, 6.07) is 12.7. The second-order valence-electron chi connectivity index (χ2n) is 9.24. The maximum Gasteiger partial charge on any atom is 0.259 e. The molecule has 0 radical (unpaired) electrons. The van der Waals surface area contributed by atoms with Gasteiger partial charge in [-0.3, -0.25) is 4.79 Å². The Labute approximate surface area is 204 Å². The van der Waals surface area contributed by atoms with E-state index in [9.17, 15) is 4.79 Å². The third-order valence-corrected chi connectivity index (χ3v) is 6.63. The molecule has 1 aromatic carbocycles. The van der Waals surface area contributed by atoms with Crippen molar-refractivity contribution in [2.75, 3.05) is 44.8 Å². The van der Waals surface area contributed by atoms with E-state index >= 15 is 0 Å². The Balaban J connectivity index is 1.35. The average Bonchev–Trinajstić information content (AvgIpc) is 3.34. The molecule has 180 valence electrons. The molecule has 9 heteroatoms. The molecule has 4 N–H and O–H groups in total. The van der Waals surface area contributed by atoms with Gasteiger partial charge in [0.2, 0.25) is 5.95 Å². The number of fused-ring (bicyclic) bond motifs is 1. The molecule has 0 amide bonds. The van der Waals surface area contributed by atoms with E-state index in [1.807, 2.05) is 24.3 Å². The second kappa shape index (κ2) is 9.81. The SMILES string of the molecule is CN(C)C1CCN(CCc2ccc(Nc3nc(-c4cnc(N)nc4)cc4cc[nH]c(=O)c34)cc2)C1. The number of nitrogens with zero attached hydrogens (tertiary/aromatic N) is 5. The first-order chi connectivity index (χ1) is 17.0. The fraction of sp³-hybridized carbons (Fsp3) is 0.308. The zero-order valence-corrected chi connectivity index (χ0v) is 20.0. The van der Waals surface area contributed by atoms with E-state index in [1.165, 1.54) is 12.0 Å². The fourth-order valence-electron chi connectivity index (χ4n) is 4.54. The van der Waals surface area contributed by atoms with Crippen molar-refractivity contribution in [1.82, 2.24) is 29.7 Å². The molecule has 0 aliphatic carbocycles. The molecule has 1 aliphatic heterocycles. The summed E-state index contributed by atoms with van der Waals surface area (Å²) < 4.78 is 0. The molecule has 4 aromatic rings. The first kappa shape index (κ1) is 22.9. The third kappa shape index (κ3) is 5.16. The zero-order valence-electron chi connectivity index (χ0n) is 20.0. The highest BCUT2D eigenvalue weighted by atomic mass is 16.1. The van der Waals surface area contributed by atoms with Crippen molar-refractivity contribution in [1.29, 1.82) is 0 Å². The van der Waals surface area contributed by atoms with Gasteiger partial charge in [0, 0.05) is 49.0 Å². The predicted octanol–water partition coefficient (Wildman–Crippen LogP) is 2.88. The molecule has 0 spiro atoms. The van der Waals surface area contributed by atoms with Gasteiger partial charge in [-0.25, -0.2) is 15.0 Å². The van der Waals surface area contributed by atoms with Gasteiger partial charge in [0.25, 0.3) is 5.56 Å². The lowest BCUT2D eigenvalue weighted by Gasteiger charge is -2.20. The Hall–Kier alpha value is -3.82. The Morgan fingerprint density at radius 3 is 2.66 bits per heavy atom. The standard InChI is InChI=1S/C26H30N8O/c1-33(2)21-9-12-34(16-21)11-8-17-3-5-20(6-4-17)31-24-23-18(7-10-28-25(23)35)13-22(32-24)19-14-29-26(27)30-15-19/h3-7,10,13-15,21H,8-9,11-12,16H2,1-2H3,(H,28,35)(H,31,32)(H2,27,29,30). The van der Waals surface area contributed by atoms with Gasteiger partial charge in [0.15, 0.2) is 0 Å². The number of rotatable bonds is 7. The molecule has 9 nitrogen and oxygen atoms in total. The fourth-order valence-corrected chi connectivity index (χ4v) is 4.54. The summed E-state index contributed by atoms with van der Waals surface area (Å²) in [6.07, 6.45) is 7.13. The molecule has 0 saturated carbocycles. The van der Waals surface area contributed by atoms with Crippen LogP contribution in [0, 0.1) is 0 Å². The van der Waals surface area contributed by atoms with Crippen molar-refractivity contribution in [2.45, 2.75) is 18.9 Å². The highest BCUT2D eigenvalue weighted by molar-refractivity contribution is 5.95. The minimum absolute atomic E-state index is 0.198. The summed E-state index contributed by atoms with van der Waals surface area (Å²) in [7, 11) is 4.32. The Bertz CT molecular complexity index is 1370. The van der Waals surface area contributed by atoms with Crippen molar-refractivity contribution < 1.29 is 0 Å². The van der Waals surface area contributed by atoms with Gasteiger partial charge in [0.05, 0.1) is 11.1 Å². The number of aromatic nitrogens is 4. The van der Waals surface area contributed by atoms with E-state index in [-0.39, 0.29) is 11.5 Å². The lowest BCUT2D eigenvalue weighted by Crippen LogP contribution is -2.32. The lowest BCUT2D eigenvalue weighted by molar-refractivity contribution is 0.270. The Kier molecular flexibility index (Phi) is 6.43. The smallest absolute Gasteiger partial charge is 0.259 e. The maximum atomic E-state index is 12.6. The van der Waals surface area contributed by atoms with Crippen molar-refractivity contribution in [3.8, 4) is 11.3 Å². The van der Waals surface area contributed by atoms with E-state index < -0.39 is 0 Å². The van der Waals surface area contributed by atoms with Gasteiger partial charge in [-0.1, -0.05) is 12.1 Å². The van der Waals surface area contributed by atoms with Crippen LogP contribution in [0.4, 0.5) is 17.5 Å². The van der Waals surface area contributed by atoms with Crippen molar-refractivity contribution in [2.24, 2.45) is 0 Å². The monoisotopic (exact) mass is 470 g/mol. The molecule has 4 heterocycles. The van der Waals surface area contributed by atoms with Gasteiger partial charge in [-0.05, 0) is 68.7 Å². The number of anilines is 3. The highest BCUT2D eigenvalue weighted by Crippen LogP contribution is 2.27. The van der Waals surface area contributed by atoms with Gasteiger partial charge in [-0.15, -0.1) is 0 Å². The van der Waals surface area contributed by atoms with Crippen LogP contribution in [0.25, 0.3) is 22.0 Å². The number of pyridine rings is 2. The number of nitrogens with one attached hydrogen (secondary N) is 2. The van der Waals surface area contributed by atoms with Crippen molar-refractivity contribution >= 4 is 28.2 Å². The molecule has 1 atom stereocenters. The summed E-state index contributed by atoms with van der Waals surface area (Å²) >= 11 is 0. The quantitative estimate of drug-likeness (QED) is 0.378. The van der Waals surface area contributed by atoms with Crippen LogP contribution < -0.4 is 16.6 Å². The molecule has 35 heavy (non-hydrogen) atoms. The minimum Gasteiger partial charge on any atom is -0.368 e. The van der Waals surface area contributed by atoms with Gasteiger partial charge in [-0.2, -0.15) is 0 Å². The van der Waals surface area contributed by atoms with Crippen molar-refractivity contribution in [3.63, 3.8) is 0 Å². The van der Waals surface area contributed by atoms with Crippen LogP contribution >= 0.6 is 0 Å². The number of hydrogen-bond acceptors (Lipinski definition) is 8. The first-order valence-electron chi connectivity index (χ1n) is 11.8. The minimum atomic E-state index is -0.198. The largest absolute Gasteiger partial charge is 0.368 e. The first-order valence-corrected chi connectivity index (χ1v) is 11.8. The lowest BCUT2D eigenvalue weighted by atomic mass is 10.1.